The zero-order valence-electron chi connectivity index (χ0n) is 14.7. The largest absolute Gasteiger partial charge is 0.443 e. The topological polar surface area (TPSA) is 72.1 Å². The molecule has 1 fully saturated rings. The summed E-state index contributed by atoms with van der Waals surface area (Å²) in [5.41, 5.74) is 1.06. The fourth-order valence-corrected chi connectivity index (χ4v) is 3.59. The third-order valence-corrected chi connectivity index (χ3v) is 4.88. The monoisotopic (exact) mass is 382 g/mol. The standard InChI is InChI=1S/C20H19ClN4O2/c21-15-6-3-5-14(11-15)12-16-13-24-19(27-16)17-7-1-2-10-25(17)20(26)18-22-8-4-9-23-18/h3-6,8-9,11,13,17H,1-2,7,10,12H2. The normalized spacial score (nSPS) is 17.1. The molecule has 1 unspecified atom stereocenters. The van der Waals surface area contributed by atoms with Crippen LogP contribution in [0.3, 0.4) is 0 Å². The molecule has 1 aliphatic heterocycles. The van der Waals surface area contributed by atoms with Gasteiger partial charge < -0.3 is 9.32 Å². The van der Waals surface area contributed by atoms with Gasteiger partial charge in [0.25, 0.3) is 5.91 Å². The minimum atomic E-state index is -0.192. The number of oxazole rings is 1. The number of nitrogens with zero attached hydrogens (tertiary/aromatic N) is 4. The van der Waals surface area contributed by atoms with Gasteiger partial charge in [-0.05, 0) is 43.0 Å². The van der Waals surface area contributed by atoms with Gasteiger partial charge in [-0.2, -0.15) is 0 Å². The van der Waals surface area contributed by atoms with E-state index in [0.29, 0.717) is 23.9 Å². The Morgan fingerprint density at radius 2 is 2.04 bits per heavy atom. The van der Waals surface area contributed by atoms with Crippen molar-refractivity contribution in [3.63, 3.8) is 0 Å². The smallest absolute Gasteiger partial charge is 0.292 e. The SMILES string of the molecule is O=C(c1ncccn1)N1CCCCC1c1ncc(Cc2cccc(Cl)c2)o1. The lowest BCUT2D eigenvalue weighted by molar-refractivity contribution is 0.0557. The maximum absolute atomic E-state index is 12.8. The summed E-state index contributed by atoms with van der Waals surface area (Å²) in [5.74, 6) is 1.34. The van der Waals surface area contributed by atoms with Gasteiger partial charge in [0, 0.05) is 30.4 Å². The molecule has 3 aromatic rings. The Morgan fingerprint density at radius 3 is 2.85 bits per heavy atom. The molecule has 1 saturated heterocycles. The summed E-state index contributed by atoms with van der Waals surface area (Å²) in [6.07, 6.45) is 8.28. The summed E-state index contributed by atoms with van der Waals surface area (Å²) in [6.45, 7) is 0.647. The van der Waals surface area contributed by atoms with Crippen molar-refractivity contribution in [1.82, 2.24) is 19.9 Å². The molecule has 138 valence electrons. The van der Waals surface area contributed by atoms with Crippen molar-refractivity contribution in [3.8, 4) is 0 Å². The molecule has 27 heavy (non-hydrogen) atoms. The van der Waals surface area contributed by atoms with Gasteiger partial charge >= 0.3 is 0 Å². The minimum absolute atomic E-state index is 0.185. The molecule has 0 saturated carbocycles. The second kappa shape index (κ2) is 7.88. The molecule has 4 rings (SSSR count). The Kier molecular flexibility index (Phi) is 5.16. The van der Waals surface area contributed by atoms with Crippen LogP contribution >= 0.6 is 11.6 Å². The van der Waals surface area contributed by atoms with Crippen LogP contribution in [0.2, 0.25) is 5.02 Å². The van der Waals surface area contributed by atoms with Crippen LogP contribution in [0, 0.1) is 0 Å². The highest BCUT2D eigenvalue weighted by Gasteiger charge is 2.33. The molecule has 0 aliphatic carbocycles. The lowest BCUT2D eigenvalue weighted by atomic mass is 10.0. The number of carbonyl (C=O) groups excluding carboxylic acids is 1. The van der Waals surface area contributed by atoms with Crippen molar-refractivity contribution >= 4 is 17.5 Å². The van der Waals surface area contributed by atoms with Crippen LogP contribution < -0.4 is 0 Å². The van der Waals surface area contributed by atoms with Gasteiger partial charge in [0.05, 0.1) is 6.20 Å². The summed E-state index contributed by atoms with van der Waals surface area (Å²) in [5, 5.41) is 0.694. The number of carbonyl (C=O) groups is 1. The average molecular weight is 383 g/mol. The van der Waals surface area contributed by atoms with E-state index in [4.69, 9.17) is 16.0 Å². The number of aromatic nitrogens is 3. The Labute approximate surface area is 162 Å². The van der Waals surface area contributed by atoms with E-state index in [9.17, 15) is 4.79 Å². The molecular formula is C20H19ClN4O2. The van der Waals surface area contributed by atoms with Crippen LogP contribution in [0.4, 0.5) is 0 Å². The highest BCUT2D eigenvalue weighted by atomic mass is 35.5. The van der Waals surface area contributed by atoms with Crippen LogP contribution in [0.5, 0.6) is 0 Å². The number of hydrogen-bond donors (Lipinski definition) is 0. The van der Waals surface area contributed by atoms with Crippen molar-refractivity contribution in [3.05, 3.63) is 77.0 Å². The van der Waals surface area contributed by atoms with Gasteiger partial charge in [0.1, 0.15) is 11.8 Å². The molecule has 3 heterocycles. The quantitative estimate of drug-likeness (QED) is 0.679. The summed E-state index contributed by atoms with van der Waals surface area (Å²) in [6, 6.07) is 9.16. The number of rotatable bonds is 4. The number of likely N-dealkylation sites (tertiary alicyclic amines) is 1. The lowest BCUT2D eigenvalue weighted by Gasteiger charge is -2.33. The van der Waals surface area contributed by atoms with Crippen molar-refractivity contribution in [1.29, 1.82) is 0 Å². The van der Waals surface area contributed by atoms with E-state index in [-0.39, 0.29) is 17.8 Å². The highest BCUT2D eigenvalue weighted by Crippen LogP contribution is 2.31. The van der Waals surface area contributed by atoms with E-state index >= 15 is 0 Å². The Hall–Kier alpha value is -2.73. The van der Waals surface area contributed by atoms with Gasteiger partial charge in [-0.3, -0.25) is 4.79 Å². The van der Waals surface area contributed by atoms with E-state index < -0.39 is 0 Å². The number of amides is 1. The van der Waals surface area contributed by atoms with Gasteiger partial charge in [0.15, 0.2) is 0 Å². The second-order valence-electron chi connectivity index (χ2n) is 6.55. The first-order chi connectivity index (χ1) is 13.2. The van der Waals surface area contributed by atoms with Gasteiger partial charge in [-0.15, -0.1) is 0 Å². The second-order valence-corrected chi connectivity index (χ2v) is 6.99. The first kappa shape index (κ1) is 17.7. The molecule has 1 atom stereocenters. The van der Waals surface area contributed by atoms with Crippen molar-refractivity contribution in [2.75, 3.05) is 6.54 Å². The van der Waals surface area contributed by atoms with Crippen LogP contribution in [-0.2, 0) is 6.42 Å². The number of halogens is 1. The average Bonchev–Trinajstić information content (AvgIpc) is 3.16. The molecular weight excluding hydrogens is 364 g/mol. The molecule has 7 heteroatoms. The molecule has 0 radical (unpaired) electrons. The fraction of sp³-hybridized carbons (Fsp3) is 0.300. The zero-order valence-corrected chi connectivity index (χ0v) is 15.5. The highest BCUT2D eigenvalue weighted by molar-refractivity contribution is 6.30. The van der Waals surface area contributed by atoms with E-state index in [1.54, 1.807) is 29.6 Å². The van der Waals surface area contributed by atoms with Crippen molar-refractivity contribution in [2.45, 2.75) is 31.7 Å². The third-order valence-electron chi connectivity index (χ3n) is 4.64. The van der Waals surface area contributed by atoms with Crippen LogP contribution in [0.15, 0.2) is 53.3 Å². The van der Waals surface area contributed by atoms with Crippen molar-refractivity contribution in [2.24, 2.45) is 0 Å². The molecule has 0 N–H and O–H groups in total. The Morgan fingerprint density at radius 1 is 1.19 bits per heavy atom. The maximum Gasteiger partial charge on any atom is 0.292 e. The number of hydrogen-bond acceptors (Lipinski definition) is 5. The van der Waals surface area contributed by atoms with Crippen molar-refractivity contribution < 1.29 is 9.21 Å². The first-order valence-corrected chi connectivity index (χ1v) is 9.35. The molecule has 2 aromatic heterocycles. The minimum Gasteiger partial charge on any atom is -0.443 e. The lowest BCUT2D eigenvalue weighted by Crippen LogP contribution is -2.39. The molecule has 0 spiro atoms. The van der Waals surface area contributed by atoms with Crippen LogP contribution in [-0.4, -0.2) is 32.3 Å². The fourth-order valence-electron chi connectivity index (χ4n) is 3.38. The van der Waals surface area contributed by atoms with Gasteiger partial charge in [-0.25, -0.2) is 15.0 Å². The predicted octanol–water partition coefficient (Wildman–Crippen LogP) is 4.08. The first-order valence-electron chi connectivity index (χ1n) is 8.98. The van der Waals surface area contributed by atoms with E-state index in [2.05, 4.69) is 15.0 Å². The zero-order chi connectivity index (χ0) is 18.6. The Balaban J connectivity index is 1.54. The van der Waals surface area contributed by atoms with E-state index in [0.717, 1.165) is 30.6 Å². The number of piperidine rings is 1. The van der Waals surface area contributed by atoms with Crippen LogP contribution in [0.25, 0.3) is 0 Å². The molecule has 0 bridgehead atoms. The summed E-state index contributed by atoms with van der Waals surface area (Å²) in [4.78, 5) is 27.2. The van der Waals surface area contributed by atoms with Crippen LogP contribution in [0.1, 0.15) is 53.1 Å². The summed E-state index contributed by atoms with van der Waals surface area (Å²) >= 11 is 6.05. The summed E-state index contributed by atoms with van der Waals surface area (Å²) < 4.78 is 5.99. The number of benzene rings is 1. The summed E-state index contributed by atoms with van der Waals surface area (Å²) in [7, 11) is 0. The van der Waals surface area contributed by atoms with E-state index in [1.807, 2.05) is 24.3 Å². The predicted molar refractivity (Wildman–Crippen MR) is 100 cm³/mol. The van der Waals surface area contributed by atoms with E-state index in [1.165, 1.54) is 0 Å². The van der Waals surface area contributed by atoms with Gasteiger partial charge in [0.2, 0.25) is 11.7 Å². The Bertz CT molecular complexity index is 928. The molecule has 1 aliphatic rings. The third kappa shape index (κ3) is 4.01. The molecule has 1 amide bonds. The molecule has 6 nitrogen and oxygen atoms in total. The molecule has 1 aromatic carbocycles. The van der Waals surface area contributed by atoms with Gasteiger partial charge in [-0.1, -0.05) is 23.7 Å². The maximum atomic E-state index is 12.8.